The summed E-state index contributed by atoms with van der Waals surface area (Å²) in [4.78, 5) is 6.79. The standard InChI is InChI=1S/C16H22N4/c1-12-3-4-14(13(2)9-12)15(17)10-19-7-8-20-6-5-18-16(20)11-19/h3-6,9,15H,7-8,10-11,17H2,1-2H3. The van der Waals surface area contributed by atoms with Crippen LogP contribution in [-0.4, -0.2) is 27.5 Å². The van der Waals surface area contributed by atoms with Gasteiger partial charge in [0.1, 0.15) is 5.82 Å². The van der Waals surface area contributed by atoms with Crippen molar-refractivity contribution in [3.63, 3.8) is 0 Å². The lowest BCUT2D eigenvalue weighted by atomic mass is 9.99. The molecule has 1 aliphatic heterocycles. The lowest BCUT2D eigenvalue weighted by Crippen LogP contribution is -2.38. The molecule has 2 N–H and O–H groups in total. The number of aromatic nitrogens is 2. The molecule has 106 valence electrons. The van der Waals surface area contributed by atoms with Gasteiger partial charge in [0.25, 0.3) is 0 Å². The van der Waals surface area contributed by atoms with E-state index in [0.717, 1.165) is 32.0 Å². The Hall–Kier alpha value is -1.65. The molecular weight excluding hydrogens is 248 g/mol. The Morgan fingerprint density at radius 1 is 1.30 bits per heavy atom. The minimum Gasteiger partial charge on any atom is -0.333 e. The number of hydrogen-bond donors (Lipinski definition) is 1. The number of fused-ring (bicyclic) bond motifs is 1. The van der Waals surface area contributed by atoms with Gasteiger partial charge < -0.3 is 10.3 Å². The van der Waals surface area contributed by atoms with Gasteiger partial charge in [-0.15, -0.1) is 0 Å². The summed E-state index contributed by atoms with van der Waals surface area (Å²) >= 11 is 0. The second-order valence-electron chi connectivity index (χ2n) is 5.74. The van der Waals surface area contributed by atoms with Gasteiger partial charge in [0.15, 0.2) is 0 Å². The highest BCUT2D eigenvalue weighted by atomic mass is 15.2. The van der Waals surface area contributed by atoms with Crippen molar-refractivity contribution in [1.82, 2.24) is 14.5 Å². The molecule has 20 heavy (non-hydrogen) atoms. The predicted molar refractivity (Wildman–Crippen MR) is 80.3 cm³/mol. The lowest BCUT2D eigenvalue weighted by Gasteiger charge is -2.30. The van der Waals surface area contributed by atoms with Crippen molar-refractivity contribution < 1.29 is 0 Å². The topological polar surface area (TPSA) is 47.1 Å². The SMILES string of the molecule is Cc1ccc(C(N)CN2CCn3ccnc3C2)c(C)c1. The summed E-state index contributed by atoms with van der Waals surface area (Å²) in [5.74, 6) is 1.14. The molecule has 4 nitrogen and oxygen atoms in total. The highest BCUT2D eigenvalue weighted by molar-refractivity contribution is 5.32. The molecule has 0 saturated carbocycles. The van der Waals surface area contributed by atoms with Crippen LogP contribution in [0.4, 0.5) is 0 Å². The van der Waals surface area contributed by atoms with Crippen molar-refractivity contribution in [3.8, 4) is 0 Å². The highest BCUT2D eigenvalue weighted by Crippen LogP contribution is 2.20. The van der Waals surface area contributed by atoms with E-state index in [0.29, 0.717) is 0 Å². The van der Waals surface area contributed by atoms with Crippen LogP contribution in [0.3, 0.4) is 0 Å². The predicted octanol–water partition coefficient (Wildman–Crippen LogP) is 2.02. The quantitative estimate of drug-likeness (QED) is 0.928. The van der Waals surface area contributed by atoms with Crippen LogP contribution in [0.5, 0.6) is 0 Å². The number of aryl methyl sites for hydroxylation is 2. The van der Waals surface area contributed by atoms with Gasteiger partial charge in [-0.05, 0) is 25.0 Å². The van der Waals surface area contributed by atoms with E-state index in [9.17, 15) is 0 Å². The largest absolute Gasteiger partial charge is 0.333 e. The fourth-order valence-corrected chi connectivity index (χ4v) is 3.00. The van der Waals surface area contributed by atoms with E-state index in [1.165, 1.54) is 16.7 Å². The van der Waals surface area contributed by atoms with Crippen LogP contribution in [0.25, 0.3) is 0 Å². The third kappa shape index (κ3) is 2.62. The highest BCUT2D eigenvalue weighted by Gasteiger charge is 2.19. The average molecular weight is 270 g/mol. The van der Waals surface area contributed by atoms with E-state index in [2.05, 4.69) is 52.7 Å². The second-order valence-corrected chi connectivity index (χ2v) is 5.74. The molecule has 1 aromatic carbocycles. The summed E-state index contributed by atoms with van der Waals surface area (Å²) in [5.41, 5.74) is 10.2. The number of rotatable bonds is 3. The Balaban J connectivity index is 1.69. The van der Waals surface area contributed by atoms with Crippen molar-refractivity contribution in [2.24, 2.45) is 5.73 Å². The Labute approximate surface area is 120 Å². The maximum Gasteiger partial charge on any atom is 0.122 e. The molecule has 2 aromatic rings. The van der Waals surface area contributed by atoms with E-state index < -0.39 is 0 Å². The van der Waals surface area contributed by atoms with Crippen LogP contribution < -0.4 is 5.73 Å². The van der Waals surface area contributed by atoms with Gasteiger partial charge in [-0.1, -0.05) is 23.8 Å². The maximum absolute atomic E-state index is 6.40. The molecule has 0 amide bonds. The number of hydrogen-bond acceptors (Lipinski definition) is 3. The average Bonchev–Trinajstić information content (AvgIpc) is 2.85. The molecule has 0 spiro atoms. The molecule has 4 heteroatoms. The van der Waals surface area contributed by atoms with Gasteiger partial charge in [0.05, 0.1) is 6.54 Å². The van der Waals surface area contributed by atoms with Crippen molar-refractivity contribution >= 4 is 0 Å². The molecule has 0 fully saturated rings. The zero-order valence-corrected chi connectivity index (χ0v) is 12.2. The zero-order chi connectivity index (χ0) is 14.1. The van der Waals surface area contributed by atoms with Crippen LogP contribution in [-0.2, 0) is 13.1 Å². The van der Waals surface area contributed by atoms with Crippen molar-refractivity contribution in [1.29, 1.82) is 0 Å². The van der Waals surface area contributed by atoms with Crippen LogP contribution in [0.2, 0.25) is 0 Å². The van der Waals surface area contributed by atoms with E-state index in [1.807, 2.05) is 6.20 Å². The molecular formula is C16H22N4. The summed E-state index contributed by atoms with van der Waals surface area (Å²) in [6.45, 7) is 8.09. The summed E-state index contributed by atoms with van der Waals surface area (Å²) < 4.78 is 2.22. The van der Waals surface area contributed by atoms with E-state index in [-0.39, 0.29) is 6.04 Å². The summed E-state index contributed by atoms with van der Waals surface area (Å²) in [6, 6.07) is 6.58. The molecule has 3 rings (SSSR count). The molecule has 1 aliphatic rings. The van der Waals surface area contributed by atoms with Crippen molar-refractivity contribution in [2.75, 3.05) is 13.1 Å². The minimum absolute atomic E-state index is 0.0668. The van der Waals surface area contributed by atoms with Crippen LogP contribution >= 0.6 is 0 Å². The molecule has 0 radical (unpaired) electrons. The zero-order valence-electron chi connectivity index (χ0n) is 12.2. The molecule has 0 aliphatic carbocycles. The number of nitrogens with two attached hydrogens (primary N) is 1. The fourth-order valence-electron chi connectivity index (χ4n) is 3.00. The van der Waals surface area contributed by atoms with E-state index in [4.69, 9.17) is 5.73 Å². The van der Waals surface area contributed by atoms with Crippen LogP contribution in [0, 0.1) is 13.8 Å². The minimum atomic E-state index is 0.0668. The Bertz CT molecular complexity index is 602. The Morgan fingerprint density at radius 3 is 2.95 bits per heavy atom. The monoisotopic (exact) mass is 270 g/mol. The molecule has 1 unspecified atom stereocenters. The van der Waals surface area contributed by atoms with E-state index in [1.54, 1.807) is 0 Å². The number of benzene rings is 1. The molecule has 0 saturated heterocycles. The molecule has 1 aromatic heterocycles. The summed E-state index contributed by atoms with van der Waals surface area (Å²) in [7, 11) is 0. The smallest absolute Gasteiger partial charge is 0.122 e. The molecule has 2 heterocycles. The lowest BCUT2D eigenvalue weighted by molar-refractivity contribution is 0.205. The second kappa shape index (κ2) is 5.38. The van der Waals surface area contributed by atoms with Gasteiger partial charge in [-0.2, -0.15) is 0 Å². The number of nitrogens with zero attached hydrogens (tertiary/aromatic N) is 3. The van der Waals surface area contributed by atoms with Gasteiger partial charge in [-0.3, -0.25) is 4.90 Å². The third-order valence-electron chi connectivity index (χ3n) is 4.10. The van der Waals surface area contributed by atoms with Crippen molar-refractivity contribution in [3.05, 3.63) is 53.1 Å². The first-order valence-electron chi connectivity index (χ1n) is 7.18. The Kier molecular flexibility index (Phi) is 3.59. The normalized spacial score (nSPS) is 16.9. The number of imidazole rings is 1. The third-order valence-corrected chi connectivity index (χ3v) is 4.10. The first-order valence-corrected chi connectivity index (χ1v) is 7.18. The van der Waals surface area contributed by atoms with Gasteiger partial charge in [0.2, 0.25) is 0 Å². The Morgan fingerprint density at radius 2 is 2.15 bits per heavy atom. The van der Waals surface area contributed by atoms with Gasteiger partial charge in [-0.25, -0.2) is 4.98 Å². The first kappa shape index (κ1) is 13.3. The van der Waals surface area contributed by atoms with E-state index >= 15 is 0 Å². The summed E-state index contributed by atoms with van der Waals surface area (Å²) in [5, 5.41) is 0. The fraction of sp³-hybridized carbons (Fsp3) is 0.438. The van der Waals surface area contributed by atoms with Crippen molar-refractivity contribution in [2.45, 2.75) is 33.0 Å². The molecule has 1 atom stereocenters. The molecule has 0 bridgehead atoms. The summed E-state index contributed by atoms with van der Waals surface area (Å²) in [6.07, 6.45) is 3.93. The van der Waals surface area contributed by atoms with Gasteiger partial charge in [0, 0.05) is 38.1 Å². The van der Waals surface area contributed by atoms with Gasteiger partial charge >= 0.3 is 0 Å². The van der Waals surface area contributed by atoms with Crippen LogP contribution in [0.1, 0.15) is 28.6 Å². The first-order chi connectivity index (χ1) is 9.63. The van der Waals surface area contributed by atoms with Crippen LogP contribution in [0.15, 0.2) is 30.6 Å². The maximum atomic E-state index is 6.40.